The second-order valence-corrected chi connectivity index (χ2v) is 8.02. The fourth-order valence-electron chi connectivity index (χ4n) is 5.57. The molecule has 8 heteroatoms. The average Bonchev–Trinajstić information content (AvgIpc) is 3.20. The van der Waals surface area contributed by atoms with Crippen molar-refractivity contribution >= 4 is 17.6 Å². The Kier molecular flexibility index (Phi) is 3.66. The number of hydrogen-bond donors (Lipinski definition) is 0. The van der Waals surface area contributed by atoms with E-state index in [2.05, 4.69) is 0 Å². The zero-order valence-corrected chi connectivity index (χ0v) is 15.4. The molecule has 0 amide bonds. The van der Waals surface area contributed by atoms with Gasteiger partial charge in [0.1, 0.15) is 0 Å². The highest BCUT2D eigenvalue weighted by Gasteiger charge is 2.83. The summed E-state index contributed by atoms with van der Waals surface area (Å²) in [6.45, 7) is 1.95. The van der Waals surface area contributed by atoms with Crippen LogP contribution in [-0.2, 0) is 23.8 Å². The van der Waals surface area contributed by atoms with Crippen LogP contribution in [0.3, 0.4) is 0 Å². The maximum absolute atomic E-state index is 12.6. The van der Waals surface area contributed by atoms with E-state index in [0.29, 0.717) is 5.56 Å². The molecule has 0 radical (unpaired) electrons. The first-order valence-corrected chi connectivity index (χ1v) is 8.81. The predicted molar refractivity (Wildman–Crippen MR) is 91.6 cm³/mol. The van der Waals surface area contributed by atoms with Crippen LogP contribution in [0.15, 0.2) is 24.3 Å². The van der Waals surface area contributed by atoms with Gasteiger partial charge in [0, 0.05) is 16.9 Å². The minimum absolute atomic E-state index is 0.0196. The van der Waals surface area contributed by atoms with E-state index in [9.17, 15) is 19.7 Å². The van der Waals surface area contributed by atoms with Crippen LogP contribution in [0.2, 0.25) is 0 Å². The molecule has 1 spiro atoms. The molecule has 1 aromatic carbocycles. The number of para-hydroxylation sites is 1. The lowest BCUT2D eigenvalue weighted by Crippen LogP contribution is -2.40. The van der Waals surface area contributed by atoms with E-state index in [1.54, 1.807) is 18.2 Å². The highest BCUT2D eigenvalue weighted by molar-refractivity contribution is 6.01. The Morgan fingerprint density at radius 2 is 1.81 bits per heavy atom. The molecule has 1 unspecified atom stereocenters. The number of methoxy groups -OCH3 is 2. The van der Waals surface area contributed by atoms with Gasteiger partial charge in [-0.05, 0) is 25.3 Å². The SMILES string of the molecule is COC(=O)C1(C(=O)OC)C[C@]23CC2O[C@@H](c2ccccc2[N+](=O)[O-])[C@]3(C)C1. The number of esters is 2. The monoisotopic (exact) mass is 375 g/mol. The summed E-state index contributed by atoms with van der Waals surface area (Å²) >= 11 is 0. The summed E-state index contributed by atoms with van der Waals surface area (Å²) in [6.07, 6.45) is 0.457. The van der Waals surface area contributed by atoms with E-state index in [1.807, 2.05) is 6.92 Å². The number of carbonyl (C=O) groups excluding carboxylic acids is 2. The van der Waals surface area contributed by atoms with Crippen LogP contribution in [0.4, 0.5) is 5.69 Å². The van der Waals surface area contributed by atoms with E-state index >= 15 is 0 Å². The van der Waals surface area contributed by atoms with Crippen molar-refractivity contribution in [1.29, 1.82) is 0 Å². The van der Waals surface area contributed by atoms with Crippen molar-refractivity contribution in [3.05, 3.63) is 39.9 Å². The smallest absolute Gasteiger partial charge is 0.323 e. The highest BCUT2D eigenvalue weighted by atomic mass is 16.6. The summed E-state index contributed by atoms with van der Waals surface area (Å²) in [4.78, 5) is 36.3. The van der Waals surface area contributed by atoms with E-state index in [1.165, 1.54) is 20.3 Å². The van der Waals surface area contributed by atoms with Crippen LogP contribution in [0.5, 0.6) is 0 Å². The zero-order chi connectivity index (χ0) is 19.6. The van der Waals surface area contributed by atoms with Crippen molar-refractivity contribution < 1.29 is 28.7 Å². The van der Waals surface area contributed by atoms with Crippen molar-refractivity contribution in [2.75, 3.05) is 14.2 Å². The lowest BCUT2D eigenvalue weighted by atomic mass is 9.70. The molecule has 1 aromatic rings. The topological polar surface area (TPSA) is 105 Å². The van der Waals surface area contributed by atoms with Crippen molar-refractivity contribution in [3.8, 4) is 0 Å². The Balaban J connectivity index is 1.81. The van der Waals surface area contributed by atoms with Crippen molar-refractivity contribution in [2.24, 2.45) is 16.2 Å². The maximum Gasteiger partial charge on any atom is 0.323 e. The van der Waals surface area contributed by atoms with Gasteiger partial charge in [-0.25, -0.2) is 0 Å². The first-order valence-electron chi connectivity index (χ1n) is 8.81. The quantitative estimate of drug-likeness (QED) is 0.345. The van der Waals surface area contributed by atoms with E-state index < -0.39 is 33.8 Å². The van der Waals surface area contributed by atoms with Gasteiger partial charge in [-0.1, -0.05) is 19.1 Å². The average molecular weight is 375 g/mol. The second kappa shape index (κ2) is 5.51. The van der Waals surface area contributed by atoms with Crippen molar-refractivity contribution in [2.45, 2.75) is 38.4 Å². The number of hydrogen-bond acceptors (Lipinski definition) is 7. The molecule has 2 saturated carbocycles. The molecule has 0 bridgehead atoms. The zero-order valence-electron chi connectivity index (χ0n) is 15.4. The maximum atomic E-state index is 12.6. The first kappa shape index (κ1) is 17.9. The Morgan fingerprint density at radius 1 is 1.19 bits per heavy atom. The summed E-state index contributed by atoms with van der Waals surface area (Å²) in [7, 11) is 2.50. The Hall–Kier alpha value is -2.48. The molecule has 4 atom stereocenters. The third-order valence-electron chi connectivity index (χ3n) is 6.88. The number of carbonyl (C=O) groups is 2. The Labute approximate surface area is 155 Å². The fourth-order valence-corrected chi connectivity index (χ4v) is 5.57. The lowest BCUT2D eigenvalue weighted by Gasteiger charge is -2.34. The molecule has 1 heterocycles. The molecule has 4 rings (SSSR count). The largest absolute Gasteiger partial charge is 0.468 e. The number of ether oxygens (including phenoxy) is 3. The molecule has 0 aromatic heterocycles. The standard InChI is InChI=1S/C19H21NO7/c1-17-9-18(15(21)25-2,16(22)26-3)10-19(17)8-13(19)27-14(17)11-6-4-5-7-12(11)20(23)24/h4-7,13-14H,8-10H2,1-3H3/t13?,14-,17-,19+/m0/s1. The molecular formula is C19H21NO7. The summed E-state index contributed by atoms with van der Waals surface area (Å²) < 4.78 is 16.1. The molecule has 2 aliphatic carbocycles. The minimum Gasteiger partial charge on any atom is -0.468 e. The van der Waals surface area contributed by atoms with Gasteiger partial charge in [0.2, 0.25) is 0 Å². The molecule has 3 aliphatic rings. The van der Waals surface area contributed by atoms with E-state index in [-0.39, 0.29) is 30.0 Å². The number of nitro benzene ring substituents is 1. The van der Waals surface area contributed by atoms with E-state index in [0.717, 1.165) is 6.42 Å². The summed E-state index contributed by atoms with van der Waals surface area (Å²) in [5, 5.41) is 11.5. The van der Waals surface area contributed by atoms with Gasteiger partial charge in [0.05, 0.1) is 36.9 Å². The van der Waals surface area contributed by atoms with Crippen LogP contribution in [-0.4, -0.2) is 37.2 Å². The molecule has 8 nitrogen and oxygen atoms in total. The number of nitrogens with zero attached hydrogens (tertiary/aromatic N) is 1. The molecule has 3 fully saturated rings. The van der Waals surface area contributed by atoms with Gasteiger partial charge in [-0.3, -0.25) is 19.7 Å². The van der Waals surface area contributed by atoms with Crippen LogP contribution >= 0.6 is 0 Å². The molecular weight excluding hydrogens is 354 g/mol. The van der Waals surface area contributed by atoms with Crippen molar-refractivity contribution in [1.82, 2.24) is 0 Å². The van der Waals surface area contributed by atoms with Crippen LogP contribution in [0, 0.1) is 26.4 Å². The second-order valence-electron chi connectivity index (χ2n) is 8.02. The Morgan fingerprint density at radius 3 is 2.41 bits per heavy atom. The highest BCUT2D eigenvalue weighted by Crippen LogP contribution is 2.82. The number of benzene rings is 1. The van der Waals surface area contributed by atoms with Gasteiger partial charge in [0.25, 0.3) is 5.69 Å². The van der Waals surface area contributed by atoms with Crippen molar-refractivity contribution in [3.63, 3.8) is 0 Å². The van der Waals surface area contributed by atoms with Crippen LogP contribution < -0.4 is 0 Å². The van der Waals surface area contributed by atoms with Gasteiger partial charge < -0.3 is 14.2 Å². The molecule has 1 saturated heterocycles. The summed E-state index contributed by atoms with van der Waals surface area (Å²) in [6, 6.07) is 6.47. The summed E-state index contributed by atoms with van der Waals surface area (Å²) in [5.41, 5.74) is -1.95. The molecule has 0 N–H and O–H groups in total. The fraction of sp³-hybridized carbons (Fsp3) is 0.579. The number of nitro groups is 1. The Bertz CT molecular complexity index is 836. The third-order valence-corrected chi connectivity index (χ3v) is 6.88. The van der Waals surface area contributed by atoms with Gasteiger partial charge in [0.15, 0.2) is 5.41 Å². The normalized spacial score (nSPS) is 35.1. The van der Waals surface area contributed by atoms with Gasteiger partial charge in [-0.15, -0.1) is 0 Å². The van der Waals surface area contributed by atoms with Gasteiger partial charge >= 0.3 is 11.9 Å². The number of rotatable bonds is 4. The van der Waals surface area contributed by atoms with Crippen LogP contribution in [0.1, 0.15) is 37.9 Å². The van der Waals surface area contributed by atoms with Crippen LogP contribution in [0.25, 0.3) is 0 Å². The lowest BCUT2D eigenvalue weighted by molar-refractivity contribution is -0.386. The van der Waals surface area contributed by atoms with E-state index in [4.69, 9.17) is 14.2 Å². The molecule has 1 aliphatic heterocycles. The summed E-state index contributed by atoms with van der Waals surface area (Å²) in [5.74, 6) is -1.24. The predicted octanol–water partition coefficient (Wildman–Crippen LogP) is 2.56. The molecule has 27 heavy (non-hydrogen) atoms. The first-order chi connectivity index (χ1) is 12.8. The third kappa shape index (κ3) is 2.07. The minimum atomic E-state index is -1.40. The van der Waals surface area contributed by atoms with Gasteiger partial charge in [-0.2, -0.15) is 0 Å². The molecule has 144 valence electrons.